The molecule has 116 valence electrons. The molecular weight excluding hydrogens is 286 g/mol. The molecule has 1 amide bonds. The molecule has 1 heterocycles. The Kier molecular flexibility index (Phi) is 4.50. The molecule has 2 N–H and O–H groups in total. The van der Waals surface area contributed by atoms with Gasteiger partial charge < -0.3 is 10.4 Å². The lowest BCUT2D eigenvalue weighted by molar-refractivity contribution is -0.144. The number of benzene rings is 1. The number of carboxylic acids is 1. The molecule has 1 aromatic carbocycles. The quantitative estimate of drug-likeness (QED) is 0.825. The molecule has 0 saturated carbocycles. The lowest BCUT2D eigenvalue weighted by Crippen LogP contribution is -2.52. The number of aromatic nitrogens is 4. The monoisotopic (exact) mass is 303 g/mol. The number of amides is 1. The predicted molar refractivity (Wildman–Crippen MR) is 77.6 cm³/mol. The maximum atomic E-state index is 12.3. The van der Waals surface area contributed by atoms with Crippen LogP contribution in [-0.2, 0) is 4.79 Å². The van der Waals surface area contributed by atoms with Crippen LogP contribution in [0.25, 0.3) is 5.69 Å². The van der Waals surface area contributed by atoms with E-state index in [2.05, 4.69) is 20.8 Å². The minimum atomic E-state index is -1.29. The fourth-order valence-electron chi connectivity index (χ4n) is 2.11. The lowest BCUT2D eigenvalue weighted by atomic mass is 9.95. The van der Waals surface area contributed by atoms with Gasteiger partial charge in [0.25, 0.3) is 5.91 Å². The molecule has 0 fully saturated rings. The molecule has 1 unspecified atom stereocenters. The van der Waals surface area contributed by atoms with Gasteiger partial charge in [-0.2, -0.15) is 0 Å². The maximum absolute atomic E-state index is 12.3. The van der Waals surface area contributed by atoms with E-state index < -0.39 is 17.4 Å². The summed E-state index contributed by atoms with van der Waals surface area (Å²) in [5, 5.41) is 22.7. The molecular formula is C14H17N5O3. The highest BCUT2D eigenvalue weighted by atomic mass is 16.4. The van der Waals surface area contributed by atoms with Gasteiger partial charge >= 0.3 is 5.97 Å². The van der Waals surface area contributed by atoms with Gasteiger partial charge in [0.2, 0.25) is 0 Å². The zero-order valence-electron chi connectivity index (χ0n) is 12.4. The Morgan fingerprint density at radius 3 is 2.77 bits per heavy atom. The van der Waals surface area contributed by atoms with Crippen molar-refractivity contribution in [1.82, 2.24) is 25.5 Å². The molecule has 2 rings (SSSR count). The van der Waals surface area contributed by atoms with E-state index in [0.29, 0.717) is 24.1 Å². The molecule has 1 atom stereocenters. The van der Waals surface area contributed by atoms with E-state index in [0.717, 1.165) is 0 Å². The second kappa shape index (κ2) is 6.33. The molecule has 0 aliphatic rings. The number of rotatable bonds is 6. The molecule has 2 aromatic rings. The van der Waals surface area contributed by atoms with Crippen LogP contribution in [0.15, 0.2) is 30.6 Å². The highest BCUT2D eigenvalue weighted by Crippen LogP contribution is 2.15. The molecule has 0 radical (unpaired) electrons. The first-order valence-electron chi connectivity index (χ1n) is 6.85. The topological polar surface area (TPSA) is 110 Å². The molecule has 0 saturated heterocycles. The number of hydrogen-bond acceptors (Lipinski definition) is 5. The van der Waals surface area contributed by atoms with Crippen molar-refractivity contribution < 1.29 is 14.7 Å². The van der Waals surface area contributed by atoms with Crippen molar-refractivity contribution in [3.8, 4) is 5.69 Å². The Hall–Kier alpha value is -2.77. The molecule has 8 nitrogen and oxygen atoms in total. The van der Waals surface area contributed by atoms with Gasteiger partial charge in [0, 0.05) is 5.56 Å². The number of aliphatic carboxylic acids is 1. The summed E-state index contributed by atoms with van der Waals surface area (Å²) in [7, 11) is 0. The number of carboxylic acid groups (broad SMARTS) is 1. The number of carbonyl (C=O) groups is 2. The van der Waals surface area contributed by atoms with Gasteiger partial charge in [-0.05, 0) is 42.0 Å². The summed E-state index contributed by atoms with van der Waals surface area (Å²) >= 11 is 0. The first kappa shape index (κ1) is 15.6. The van der Waals surface area contributed by atoms with Crippen molar-refractivity contribution in [3.63, 3.8) is 0 Å². The van der Waals surface area contributed by atoms with Crippen molar-refractivity contribution in [2.75, 3.05) is 0 Å². The molecule has 22 heavy (non-hydrogen) atoms. The summed E-state index contributed by atoms with van der Waals surface area (Å²) < 4.78 is 1.42. The fourth-order valence-corrected chi connectivity index (χ4v) is 2.11. The Morgan fingerprint density at radius 2 is 2.18 bits per heavy atom. The predicted octanol–water partition coefficient (Wildman–Crippen LogP) is 1.04. The van der Waals surface area contributed by atoms with Crippen molar-refractivity contribution >= 4 is 11.9 Å². The van der Waals surface area contributed by atoms with Gasteiger partial charge in [-0.1, -0.05) is 19.4 Å². The van der Waals surface area contributed by atoms with Crippen LogP contribution in [0.2, 0.25) is 0 Å². The zero-order valence-corrected chi connectivity index (χ0v) is 12.4. The molecule has 0 bridgehead atoms. The standard InChI is InChI=1S/C14H17N5O3/c1-3-7-14(2,13(21)22)16-12(20)10-5-4-6-11(8-10)19-9-15-17-18-19/h4-6,8-9H,3,7H2,1-2H3,(H,16,20)(H,21,22). The van der Waals surface area contributed by atoms with E-state index in [4.69, 9.17) is 0 Å². The molecule has 8 heteroatoms. The van der Waals surface area contributed by atoms with Crippen molar-refractivity contribution in [1.29, 1.82) is 0 Å². The summed E-state index contributed by atoms with van der Waals surface area (Å²) in [4.78, 5) is 23.7. The summed E-state index contributed by atoms with van der Waals surface area (Å²) in [5.41, 5.74) is -0.335. The van der Waals surface area contributed by atoms with Crippen LogP contribution in [0.5, 0.6) is 0 Å². The first-order valence-corrected chi connectivity index (χ1v) is 6.85. The number of tetrazole rings is 1. The summed E-state index contributed by atoms with van der Waals surface area (Å²) in [6.07, 6.45) is 2.41. The highest BCUT2D eigenvalue weighted by molar-refractivity contribution is 5.98. The van der Waals surface area contributed by atoms with E-state index in [1.807, 2.05) is 6.92 Å². The van der Waals surface area contributed by atoms with Crippen LogP contribution in [0, 0.1) is 0 Å². The average Bonchev–Trinajstić information content (AvgIpc) is 3.01. The first-order chi connectivity index (χ1) is 10.5. The normalized spacial score (nSPS) is 13.4. The Labute approximate surface area is 127 Å². The van der Waals surface area contributed by atoms with E-state index in [1.165, 1.54) is 17.9 Å². The summed E-state index contributed by atoms with van der Waals surface area (Å²) in [5.74, 6) is -1.51. The molecule has 0 aliphatic heterocycles. The van der Waals surface area contributed by atoms with Gasteiger partial charge in [0.05, 0.1) is 5.69 Å². The van der Waals surface area contributed by atoms with Crippen LogP contribution >= 0.6 is 0 Å². The van der Waals surface area contributed by atoms with Crippen molar-refractivity contribution in [3.05, 3.63) is 36.2 Å². The Morgan fingerprint density at radius 1 is 1.41 bits per heavy atom. The van der Waals surface area contributed by atoms with Gasteiger partial charge in [0.1, 0.15) is 11.9 Å². The number of carbonyl (C=O) groups excluding carboxylic acids is 1. The Balaban J connectivity index is 2.23. The molecule has 0 aliphatic carbocycles. The highest BCUT2D eigenvalue weighted by Gasteiger charge is 2.34. The van der Waals surface area contributed by atoms with Crippen LogP contribution in [-0.4, -0.2) is 42.7 Å². The van der Waals surface area contributed by atoms with Crippen molar-refractivity contribution in [2.24, 2.45) is 0 Å². The molecule has 1 aromatic heterocycles. The van der Waals surface area contributed by atoms with Gasteiger partial charge in [-0.3, -0.25) is 4.79 Å². The average molecular weight is 303 g/mol. The fraction of sp³-hybridized carbons (Fsp3) is 0.357. The van der Waals surface area contributed by atoms with E-state index in [1.54, 1.807) is 24.3 Å². The molecule has 0 spiro atoms. The zero-order chi connectivity index (χ0) is 16.2. The third-order valence-electron chi connectivity index (χ3n) is 3.33. The van der Waals surface area contributed by atoms with Crippen LogP contribution < -0.4 is 5.32 Å². The van der Waals surface area contributed by atoms with E-state index in [9.17, 15) is 14.7 Å². The summed E-state index contributed by atoms with van der Waals surface area (Å²) in [6.45, 7) is 3.37. The number of nitrogens with zero attached hydrogens (tertiary/aromatic N) is 4. The van der Waals surface area contributed by atoms with E-state index in [-0.39, 0.29) is 0 Å². The van der Waals surface area contributed by atoms with Crippen LogP contribution in [0.3, 0.4) is 0 Å². The third-order valence-corrected chi connectivity index (χ3v) is 3.33. The van der Waals surface area contributed by atoms with Gasteiger partial charge in [0.15, 0.2) is 0 Å². The maximum Gasteiger partial charge on any atom is 0.329 e. The lowest BCUT2D eigenvalue weighted by Gasteiger charge is -2.25. The minimum Gasteiger partial charge on any atom is -0.480 e. The number of hydrogen-bond donors (Lipinski definition) is 2. The number of nitrogens with one attached hydrogen (secondary N) is 1. The smallest absolute Gasteiger partial charge is 0.329 e. The summed E-state index contributed by atoms with van der Waals surface area (Å²) in [6, 6.07) is 6.64. The SMILES string of the molecule is CCCC(C)(NC(=O)c1cccc(-n2cnnn2)c1)C(=O)O. The largest absolute Gasteiger partial charge is 0.480 e. The third kappa shape index (κ3) is 3.27. The van der Waals surface area contributed by atoms with Crippen LogP contribution in [0.4, 0.5) is 0 Å². The van der Waals surface area contributed by atoms with Crippen LogP contribution in [0.1, 0.15) is 37.0 Å². The van der Waals surface area contributed by atoms with Crippen molar-refractivity contribution in [2.45, 2.75) is 32.2 Å². The van der Waals surface area contributed by atoms with E-state index >= 15 is 0 Å². The van der Waals surface area contributed by atoms with Gasteiger partial charge in [-0.25, -0.2) is 9.48 Å². The second-order valence-corrected chi connectivity index (χ2v) is 5.15. The van der Waals surface area contributed by atoms with Gasteiger partial charge in [-0.15, -0.1) is 5.10 Å². The minimum absolute atomic E-state index is 0.344. The second-order valence-electron chi connectivity index (χ2n) is 5.15. The Bertz CT molecular complexity index is 671.